The number of benzene rings is 1. The molecule has 2 aliphatic rings. The van der Waals surface area contributed by atoms with Crippen LogP contribution in [0.5, 0.6) is 0 Å². The van der Waals surface area contributed by atoms with E-state index in [9.17, 15) is 24.5 Å². The van der Waals surface area contributed by atoms with Crippen LogP contribution in [0.2, 0.25) is 0 Å². The topological polar surface area (TPSA) is 134 Å². The van der Waals surface area contributed by atoms with Crippen molar-refractivity contribution >= 4 is 23.4 Å². The number of ether oxygens (including phenoxy) is 3. The Morgan fingerprint density at radius 1 is 1.23 bits per heavy atom. The average Bonchev–Trinajstić information content (AvgIpc) is 2.80. The van der Waals surface area contributed by atoms with Crippen molar-refractivity contribution in [2.75, 3.05) is 26.9 Å². The molecule has 1 aromatic rings. The van der Waals surface area contributed by atoms with Gasteiger partial charge in [0.25, 0.3) is 5.69 Å². The minimum absolute atomic E-state index is 0.00584. The molecule has 10 nitrogen and oxygen atoms in total. The van der Waals surface area contributed by atoms with Gasteiger partial charge in [-0.05, 0) is 38.7 Å². The van der Waals surface area contributed by atoms with E-state index < -0.39 is 34.5 Å². The normalized spacial score (nSPS) is 21.9. The Morgan fingerprint density at radius 3 is 2.57 bits per heavy atom. The number of carbonyl (C=O) groups excluding carboxylic acids is 3. The summed E-state index contributed by atoms with van der Waals surface area (Å²) in [5.74, 6) is -4.13. The lowest BCUT2D eigenvalue weighted by atomic mass is 9.69. The molecule has 0 bridgehead atoms. The zero-order valence-corrected chi connectivity index (χ0v) is 20.5. The summed E-state index contributed by atoms with van der Waals surface area (Å²) in [6.45, 7) is 7.59. The van der Waals surface area contributed by atoms with E-state index in [1.807, 2.05) is 6.92 Å². The molecule has 3 rings (SSSR count). The Kier molecular flexibility index (Phi) is 8.06. The highest BCUT2D eigenvalue weighted by Crippen LogP contribution is 2.46. The van der Waals surface area contributed by atoms with Crippen LogP contribution in [0.3, 0.4) is 0 Å². The summed E-state index contributed by atoms with van der Waals surface area (Å²) in [6, 6.07) is 4.61. The fourth-order valence-corrected chi connectivity index (χ4v) is 4.70. The average molecular weight is 487 g/mol. The summed E-state index contributed by atoms with van der Waals surface area (Å²) in [6.07, 6.45) is 0.370. The van der Waals surface area contributed by atoms with Gasteiger partial charge in [-0.25, -0.2) is 4.79 Å². The minimum atomic E-state index is -1.04. The molecular formula is C25H30N2O8. The number of rotatable bonds is 8. The molecule has 35 heavy (non-hydrogen) atoms. The van der Waals surface area contributed by atoms with Crippen molar-refractivity contribution in [2.45, 2.75) is 40.0 Å². The summed E-state index contributed by atoms with van der Waals surface area (Å²) in [5.41, 5.74) is 2.14. The molecule has 0 unspecified atom stereocenters. The van der Waals surface area contributed by atoms with Gasteiger partial charge in [0.15, 0.2) is 5.78 Å². The van der Waals surface area contributed by atoms with Crippen molar-refractivity contribution in [1.82, 2.24) is 5.32 Å². The third kappa shape index (κ3) is 5.12. The molecule has 0 spiro atoms. The second-order valence-corrected chi connectivity index (χ2v) is 8.67. The van der Waals surface area contributed by atoms with E-state index in [1.54, 1.807) is 32.9 Å². The lowest BCUT2D eigenvalue weighted by molar-refractivity contribution is -0.385. The van der Waals surface area contributed by atoms with Crippen LogP contribution < -0.4 is 5.32 Å². The van der Waals surface area contributed by atoms with Crippen molar-refractivity contribution in [3.8, 4) is 0 Å². The van der Waals surface area contributed by atoms with E-state index in [4.69, 9.17) is 14.2 Å². The first kappa shape index (κ1) is 26.1. The molecule has 0 saturated carbocycles. The number of aryl methyl sites for hydroxylation is 1. The Hall–Kier alpha value is -3.53. The van der Waals surface area contributed by atoms with Crippen molar-refractivity contribution in [2.24, 2.45) is 11.8 Å². The van der Waals surface area contributed by atoms with Gasteiger partial charge in [-0.2, -0.15) is 0 Å². The van der Waals surface area contributed by atoms with Gasteiger partial charge in [0.05, 0.1) is 24.2 Å². The van der Waals surface area contributed by atoms with Crippen LogP contribution in [0.25, 0.3) is 0 Å². The monoisotopic (exact) mass is 486 g/mol. The molecular weight excluding hydrogens is 456 g/mol. The molecule has 0 amide bonds. The van der Waals surface area contributed by atoms with Gasteiger partial charge in [-0.15, -0.1) is 0 Å². The molecule has 1 heterocycles. The Labute approximate surface area is 203 Å². The number of hydrogen-bond acceptors (Lipinski definition) is 9. The summed E-state index contributed by atoms with van der Waals surface area (Å²) in [4.78, 5) is 50.5. The highest BCUT2D eigenvalue weighted by Gasteiger charge is 2.47. The maximum Gasteiger partial charge on any atom is 0.336 e. The highest BCUT2D eigenvalue weighted by atomic mass is 16.6. The van der Waals surface area contributed by atoms with Gasteiger partial charge in [-0.3, -0.25) is 19.7 Å². The molecule has 0 aromatic heterocycles. The van der Waals surface area contributed by atoms with Crippen molar-refractivity contribution < 1.29 is 33.5 Å². The molecule has 0 fully saturated rings. The van der Waals surface area contributed by atoms with Crippen LogP contribution in [0.1, 0.15) is 44.2 Å². The number of nitro benzene ring substituents is 1. The van der Waals surface area contributed by atoms with Crippen LogP contribution in [0.4, 0.5) is 5.69 Å². The van der Waals surface area contributed by atoms with E-state index in [2.05, 4.69) is 5.32 Å². The van der Waals surface area contributed by atoms with E-state index in [-0.39, 0.29) is 36.0 Å². The zero-order valence-electron chi connectivity index (χ0n) is 20.5. The Morgan fingerprint density at radius 2 is 1.94 bits per heavy atom. The number of methoxy groups -OCH3 is 1. The lowest BCUT2D eigenvalue weighted by Crippen LogP contribution is -2.43. The molecule has 0 saturated heterocycles. The largest absolute Gasteiger partial charge is 0.468 e. The molecule has 1 aliphatic heterocycles. The van der Waals surface area contributed by atoms with Gasteiger partial charge in [0, 0.05) is 41.1 Å². The predicted molar refractivity (Wildman–Crippen MR) is 125 cm³/mol. The first-order valence-electron chi connectivity index (χ1n) is 11.4. The summed E-state index contributed by atoms with van der Waals surface area (Å²) >= 11 is 0. The summed E-state index contributed by atoms with van der Waals surface area (Å²) in [5, 5.41) is 14.8. The van der Waals surface area contributed by atoms with Crippen LogP contribution in [0, 0.1) is 28.9 Å². The number of ketones is 1. The van der Waals surface area contributed by atoms with E-state index in [0.29, 0.717) is 35.5 Å². The van der Waals surface area contributed by atoms with E-state index in [1.165, 1.54) is 13.2 Å². The number of nitrogens with zero attached hydrogens (tertiary/aromatic N) is 1. The third-order valence-corrected chi connectivity index (χ3v) is 6.39. The smallest absolute Gasteiger partial charge is 0.336 e. The van der Waals surface area contributed by atoms with E-state index >= 15 is 0 Å². The van der Waals surface area contributed by atoms with Gasteiger partial charge in [0.1, 0.15) is 12.5 Å². The maximum atomic E-state index is 13.7. The summed E-state index contributed by atoms with van der Waals surface area (Å²) < 4.78 is 15.5. The fourth-order valence-electron chi connectivity index (χ4n) is 4.70. The van der Waals surface area contributed by atoms with Crippen molar-refractivity contribution in [1.29, 1.82) is 0 Å². The van der Waals surface area contributed by atoms with Crippen LogP contribution >= 0.6 is 0 Å². The maximum absolute atomic E-state index is 13.7. The molecule has 1 aromatic carbocycles. The first-order chi connectivity index (χ1) is 16.6. The van der Waals surface area contributed by atoms with Crippen molar-refractivity contribution in [3.05, 3.63) is 62.0 Å². The number of hydrogen-bond donors (Lipinski definition) is 1. The SMILES string of the molecule is CCOCCOC(=O)C1=C(C)NC2=C(C(=O)[C@@H](C(=O)OC)[C@@H](C)C2)[C@@H]1c1ccc(C)c([N+](=O)[O-])c1. The zero-order chi connectivity index (χ0) is 25.9. The number of Topliss-reactive ketones (excluding diaryl/α,β-unsaturated/α-hetero) is 1. The fraction of sp³-hybridized carbons (Fsp3) is 0.480. The van der Waals surface area contributed by atoms with E-state index in [0.717, 1.165) is 0 Å². The second-order valence-electron chi connectivity index (χ2n) is 8.67. The molecule has 1 N–H and O–H groups in total. The highest BCUT2D eigenvalue weighted by molar-refractivity contribution is 6.12. The number of nitrogens with one attached hydrogen (secondary N) is 1. The predicted octanol–water partition coefficient (Wildman–Crippen LogP) is 3.10. The Bertz CT molecular complexity index is 1120. The minimum Gasteiger partial charge on any atom is -0.468 e. The number of nitro groups is 1. The number of esters is 2. The third-order valence-electron chi connectivity index (χ3n) is 6.39. The second kappa shape index (κ2) is 10.8. The van der Waals surface area contributed by atoms with Crippen LogP contribution in [0.15, 0.2) is 40.7 Å². The molecule has 188 valence electrons. The molecule has 0 radical (unpaired) electrons. The first-order valence-corrected chi connectivity index (χ1v) is 11.4. The molecule has 10 heteroatoms. The molecule has 1 aliphatic carbocycles. The van der Waals surface area contributed by atoms with Gasteiger partial charge in [0.2, 0.25) is 0 Å². The van der Waals surface area contributed by atoms with Crippen LogP contribution in [-0.2, 0) is 28.6 Å². The number of allylic oxidation sites excluding steroid dienone is 3. The Balaban J connectivity index is 2.15. The van der Waals surface area contributed by atoms with Crippen LogP contribution in [-0.4, -0.2) is 49.6 Å². The van der Waals surface area contributed by atoms with Crippen molar-refractivity contribution in [3.63, 3.8) is 0 Å². The number of carbonyl (C=O) groups is 3. The number of dihydropyridines is 1. The standard InChI is InChI=1S/C25H30N2O8/c1-6-34-9-10-35-25(30)20-15(4)26-17-11-14(3)19(24(29)33-5)23(28)22(17)21(20)16-8-7-13(2)18(12-16)27(31)32/h7-8,12,14,19,21,26H,6,9-11H2,1-5H3/t14-,19-,21+/m0/s1. The molecule has 3 atom stereocenters. The lowest BCUT2D eigenvalue weighted by Gasteiger charge is -2.38. The van der Waals surface area contributed by atoms with Gasteiger partial charge in [-0.1, -0.05) is 19.1 Å². The quantitative estimate of drug-likeness (QED) is 0.193. The van der Waals surface area contributed by atoms with Gasteiger partial charge < -0.3 is 19.5 Å². The summed E-state index contributed by atoms with van der Waals surface area (Å²) in [7, 11) is 1.22. The van der Waals surface area contributed by atoms with Gasteiger partial charge >= 0.3 is 11.9 Å².